The van der Waals surface area contributed by atoms with Gasteiger partial charge in [0.15, 0.2) is 0 Å². The van der Waals surface area contributed by atoms with Crippen LogP contribution in [0.15, 0.2) is 11.7 Å². The lowest BCUT2D eigenvalue weighted by Crippen LogP contribution is -2.32. The van der Waals surface area contributed by atoms with Crippen molar-refractivity contribution in [1.82, 2.24) is 9.97 Å². The molecule has 102 valence electrons. The maximum Gasteiger partial charge on any atom is 0.135 e. The zero-order chi connectivity index (χ0) is 13.6. The van der Waals surface area contributed by atoms with Crippen molar-refractivity contribution in [2.75, 3.05) is 12.3 Å². The summed E-state index contributed by atoms with van der Waals surface area (Å²) in [7, 11) is 0. The molecule has 1 aliphatic heterocycles. The molecule has 0 bridgehead atoms. The fourth-order valence-electron chi connectivity index (χ4n) is 2.22. The highest BCUT2D eigenvalue weighted by atomic mass is 32.1. The lowest BCUT2D eigenvalue weighted by Gasteiger charge is -2.13. The fourth-order valence-corrected chi connectivity index (χ4v) is 3.30. The van der Waals surface area contributed by atoms with E-state index in [9.17, 15) is 10.2 Å². The highest BCUT2D eigenvalue weighted by molar-refractivity contribution is 7.11. The van der Waals surface area contributed by atoms with Crippen molar-refractivity contribution in [2.24, 2.45) is 0 Å². The van der Waals surface area contributed by atoms with E-state index in [1.165, 1.54) is 17.7 Å². The van der Waals surface area contributed by atoms with Gasteiger partial charge in [0.05, 0.1) is 22.4 Å². The van der Waals surface area contributed by atoms with Crippen LogP contribution in [0, 0.1) is 0 Å². The Labute approximate surface area is 112 Å². The van der Waals surface area contributed by atoms with Crippen LogP contribution < -0.4 is 5.73 Å². The third-order valence-electron chi connectivity index (χ3n) is 3.25. The molecule has 3 rings (SSSR count). The van der Waals surface area contributed by atoms with Gasteiger partial charge in [0, 0.05) is 5.38 Å². The van der Waals surface area contributed by atoms with Gasteiger partial charge in [0.25, 0.3) is 0 Å². The number of aliphatic hydroxyl groups is 3. The van der Waals surface area contributed by atoms with Gasteiger partial charge in [0.2, 0.25) is 0 Å². The number of fused-ring (bicyclic) bond motifs is 1. The number of aromatic nitrogens is 2. The quantitative estimate of drug-likeness (QED) is 0.582. The van der Waals surface area contributed by atoms with Gasteiger partial charge in [0.1, 0.15) is 36.6 Å². The van der Waals surface area contributed by atoms with Crippen LogP contribution in [0.25, 0.3) is 10.9 Å². The first-order valence-electron chi connectivity index (χ1n) is 5.73. The van der Waals surface area contributed by atoms with E-state index in [0.29, 0.717) is 21.6 Å². The van der Waals surface area contributed by atoms with Gasteiger partial charge in [-0.15, -0.1) is 11.3 Å². The summed E-state index contributed by atoms with van der Waals surface area (Å²) in [5.74, 6) is 0.360. The average Bonchev–Trinajstić information content (AvgIpc) is 2.94. The van der Waals surface area contributed by atoms with Crippen molar-refractivity contribution in [1.29, 1.82) is 0 Å². The predicted octanol–water partition coefficient (Wildman–Crippen LogP) is -0.573. The van der Waals surface area contributed by atoms with Gasteiger partial charge in [-0.05, 0) is 0 Å². The summed E-state index contributed by atoms with van der Waals surface area (Å²) in [5, 5.41) is 31.3. The third kappa shape index (κ3) is 1.88. The van der Waals surface area contributed by atoms with Crippen molar-refractivity contribution in [2.45, 2.75) is 24.4 Å². The minimum absolute atomic E-state index is 0.352. The van der Waals surface area contributed by atoms with E-state index in [0.717, 1.165) is 0 Å². The first kappa shape index (κ1) is 12.7. The maximum atomic E-state index is 10.0. The summed E-state index contributed by atoms with van der Waals surface area (Å²) in [5.41, 5.74) is 6.35. The third-order valence-corrected chi connectivity index (χ3v) is 4.29. The number of hydrogen-bond donors (Lipinski definition) is 4. The van der Waals surface area contributed by atoms with Crippen molar-refractivity contribution in [3.8, 4) is 0 Å². The lowest BCUT2D eigenvalue weighted by molar-refractivity contribution is -0.0214. The molecule has 8 heteroatoms. The van der Waals surface area contributed by atoms with Crippen LogP contribution in [0.2, 0.25) is 0 Å². The van der Waals surface area contributed by atoms with Crippen LogP contribution >= 0.6 is 11.3 Å². The number of anilines is 1. The molecule has 0 saturated carbocycles. The molecule has 5 N–H and O–H groups in total. The summed E-state index contributed by atoms with van der Waals surface area (Å²) in [6.07, 6.45) is -2.39. The zero-order valence-corrected chi connectivity index (χ0v) is 10.6. The standard InChI is InChI=1S/C11H13N3O4S/c12-11-4-2-19-10(6(4)13-3-14-11)9-8(17)7(16)5(1-15)18-9/h2-3,5,7-9,15-17H,1H2,(H2,12,13,14)/t5-,7?,8+,9-/m1/s1. The largest absolute Gasteiger partial charge is 0.394 e. The second-order valence-corrected chi connectivity index (χ2v) is 5.29. The summed E-state index contributed by atoms with van der Waals surface area (Å²) in [6.45, 7) is -0.352. The molecule has 0 aliphatic carbocycles. The van der Waals surface area contributed by atoms with Crippen molar-refractivity contribution < 1.29 is 20.1 Å². The molecular weight excluding hydrogens is 270 g/mol. The maximum absolute atomic E-state index is 10.0. The summed E-state index contributed by atoms with van der Waals surface area (Å²) in [4.78, 5) is 8.71. The Balaban J connectivity index is 2.04. The van der Waals surface area contributed by atoms with Gasteiger partial charge in [-0.3, -0.25) is 0 Å². The topological polar surface area (TPSA) is 122 Å². The Morgan fingerprint density at radius 2 is 2.11 bits per heavy atom. The Morgan fingerprint density at radius 3 is 2.79 bits per heavy atom. The number of nitrogens with two attached hydrogens (primary N) is 1. The molecule has 4 atom stereocenters. The monoisotopic (exact) mass is 283 g/mol. The molecule has 1 saturated heterocycles. The second-order valence-electron chi connectivity index (χ2n) is 4.38. The molecule has 1 aliphatic rings. The van der Waals surface area contributed by atoms with E-state index < -0.39 is 24.4 Å². The molecule has 2 aromatic heterocycles. The molecule has 1 unspecified atom stereocenters. The zero-order valence-electron chi connectivity index (χ0n) is 9.80. The summed E-state index contributed by atoms with van der Waals surface area (Å²) in [6, 6.07) is 0. The minimum Gasteiger partial charge on any atom is -0.394 e. The van der Waals surface area contributed by atoms with Crippen LogP contribution in [0.4, 0.5) is 5.82 Å². The highest BCUT2D eigenvalue weighted by Gasteiger charge is 2.44. The average molecular weight is 283 g/mol. The van der Waals surface area contributed by atoms with Crippen LogP contribution in [-0.4, -0.2) is 50.2 Å². The Morgan fingerprint density at radius 1 is 1.32 bits per heavy atom. The number of ether oxygens (including phenoxy) is 1. The first-order chi connectivity index (χ1) is 9.13. The molecule has 3 heterocycles. The van der Waals surface area contributed by atoms with Crippen LogP contribution in [0.5, 0.6) is 0 Å². The van der Waals surface area contributed by atoms with Crippen LogP contribution in [0.1, 0.15) is 11.0 Å². The van der Waals surface area contributed by atoms with Crippen LogP contribution in [0.3, 0.4) is 0 Å². The van der Waals surface area contributed by atoms with E-state index in [1.807, 2.05) is 0 Å². The number of rotatable bonds is 2. The fraction of sp³-hybridized carbons (Fsp3) is 0.455. The molecular formula is C11H13N3O4S. The van der Waals surface area contributed by atoms with Gasteiger partial charge in [-0.1, -0.05) is 0 Å². The molecule has 0 radical (unpaired) electrons. The molecule has 0 aromatic carbocycles. The van der Waals surface area contributed by atoms with Crippen LogP contribution in [-0.2, 0) is 4.74 Å². The highest BCUT2D eigenvalue weighted by Crippen LogP contribution is 2.40. The first-order valence-corrected chi connectivity index (χ1v) is 6.61. The van der Waals surface area contributed by atoms with E-state index in [4.69, 9.17) is 15.6 Å². The van der Waals surface area contributed by atoms with E-state index in [1.54, 1.807) is 5.38 Å². The molecule has 0 amide bonds. The van der Waals surface area contributed by atoms with Gasteiger partial charge < -0.3 is 25.8 Å². The lowest BCUT2D eigenvalue weighted by atomic mass is 10.1. The smallest absolute Gasteiger partial charge is 0.135 e. The molecule has 19 heavy (non-hydrogen) atoms. The summed E-state index contributed by atoms with van der Waals surface area (Å²) >= 11 is 1.33. The molecule has 1 fully saturated rings. The Bertz CT molecular complexity index is 605. The summed E-state index contributed by atoms with van der Waals surface area (Å²) < 4.78 is 5.49. The molecule has 2 aromatic rings. The Kier molecular flexibility index (Phi) is 3.11. The normalized spacial score (nSPS) is 31.1. The van der Waals surface area contributed by atoms with Crippen molar-refractivity contribution >= 4 is 28.1 Å². The predicted molar refractivity (Wildman–Crippen MR) is 68.5 cm³/mol. The van der Waals surface area contributed by atoms with E-state index in [2.05, 4.69) is 9.97 Å². The number of thiophene rings is 1. The van der Waals surface area contributed by atoms with Gasteiger partial charge in [-0.25, -0.2) is 9.97 Å². The van der Waals surface area contributed by atoms with E-state index in [-0.39, 0.29) is 6.61 Å². The van der Waals surface area contributed by atoms with Crippen molar-refractivity contribution in [3.63, 3.8) is 0 Å². The number of nitrogens with zero attached hydrogens (tertiary/aromatic N) is 2. The van der Waals surface area contributed by atoms with Crippen molar-refractivity contribution in [3.05, 3.63) is 16.6 Å². The molecule has 7 nitrogen and oxygen atoms in total. The molecule has 0 spiro atoms. The minimum atomic E-state index is -1.12. The number of aliphatic hydroxyl groups excluding tert-OH is 3. The SMILES string of the molecule is Nc1ncnc2c([C@@H]3O[C@H](CO)C(O)[C@@H]3O)scc12. The second kappa shape index (κ2) is 4.66. The van der Waals surface area contributed by atoms with Gasteiger partial charge in [-0.2, -0.15) is 0 Å². The number of nitrogen functional groups attached to an aromatic ring is 1. The Hall–Kier alpha value is -1.32. The van der Waals surface area contributed by atoms with E-state index >= 15 is 0 Å². The van der Waals surface area contributed by atoms with Gasteiger partial charge >= 0.3 is 0 Å². The number of hydrogen-bond acceptors (Lipinski definition) is 8.